The molecule has 0 aliphatic carbocycles. The van der Waals surface area contributed by atoms with Gasteiger partial charge in [0.25, 0.3) is 0 Å². The maximum Gasteiger partial charge on any atom is 0.135 e. The van der Waals surface area contributed by atoms with Gasteiger partial charge in [0, 0.05) is 21.9 Å². The number of nitrogens with zero attached hydrogens (tertiary/aromatic N) is 2. The number of fused-ring (bicyclic) bond motifs is 5. The highest BCUT2D eigenvalue weighted by atomic mass is 32.1. The zero-order chi connectivity index (χ0) is 28.3. The van der Waals surface area contributed by atoms with Gasteiger partial charge in [-0.05, 0) is 82.9 Å². The highest BCUT2D eigenvalue weighted by molar-refractivity contribution is 7.22. The fourth-order valence-electron chi connectivity index (χ4n) is 5.79. The Kier molecular flexibility index (Phi) is 5.54. The van der Waals surface area contributed by atoms with E-state index in [9.17, 15) is 0 Å². The first-order valence-corrected chi connectivity index (χ1v) is 15.8. The van der Waals surface area contributed by atoms with Gasteiger partial charge in [0.2, 0.25) is 0 Å². The van der Waals surface area contributed by atoms with E-state index in [1.165, 1.54) is 9.40 Å². The molecule has 3 nitrogen and oxygen atoms in total. The molecule has 0 aliphatic rings. The van der Waals surface area contributed by atoms with Crippen molar-refractivity contribution in [3.63, 3.8) is 0 Å². The van der Waals surface area contributed by atoms with E-state index in [1.54, 1.807) is 22.7 Å². The molecule has 0 atom stereocenters. The lowest BCUT2D eigenvalue weighted by molar-refractivity contribution is 0.669. The van der Waals surface area contributed by atoms with E-state index in [0.29, 0.717) is 0 Å². The molecule has 9 aromatic rings. The average Bonchev–Trinajstić information content (AvgIpc) is 3.79. The highest BCUT2D eigenvalue weighted by Gasteiger charge is 2.13. The number of hydrogen-bond donors (Lipinski definition) is 0. The van der Waals surface area contributed by atoms with Crippen LogP contribution in [0.25, 0.3) is 85.8 Å². The molecule has 3 aromatic heterocycles. The van der Waals surface area contributed by atoms with Crippen molar-refractivity contribution in [2.24, 2.45) is 0 Å². The van der Waals surface area contributed by atoms with Gasteiger partial charge < -0.3 is 4.42 Å². The quantitative estimate of drug-likeness (QED) is 0.206. The van der Waals surface area contributed by atoms with E-state index in [1.807, 2.05) is 12.1 Å². The number of furan rings is 1. The van der Waals surface area contributed by atoms with Crippen molar-refractivity contribution >= 4 is 65.0 Å². The summed E-state index contributed by atoms with van der Waals surface area (Å²) >= 11 is 3.46. The number of rotatable bonds is 4. The van der Waals surface area contributed by atoms with Crippen LogP contribution in [0, 0.1) is 0 Å². The van der Waals surface area contributed by atoms with Crippen LogP contribution in [0.15, 0.2) is 138 Å². The monoisotopic (exact) mass is 586 g/mol. The van der Waals surface area contributed by atoms with Crippen LogP contribution < -0.4 is 0 Å². The largest absolute Gasteiger partial charge is 0.456 e. The number of hydrogen-bond acceptors (Lipinski definition) is 5. The Morgan fingerprint density at radius 2 is 0.837 bits per heavy atom. The highest BCUT2D eigenvalue weighted by Crippen LogP contribution is 2.38. The topological polar surface area (TPSA) is 38.9 Å². The molecule has 9 rings (SSSR count). The average molecular weight is 587 g/mol. The molecule has 5 heteroatoms. The fourth-order valence-corrected chi connectivity index (χ4v) is 7.72. The van der Waals surface area contributed by atoms with Gasteiger partial charge >= 0.3 is 0 Å². The second-order valence-electron chi connectivity index (χ2n) is 10.7. The van der Waals surface area contributed by atoms with E-state index in [-0.39, 0.29) is 0 Å². The summed E-state index contributed by atoms with van der Waals surface area (Å²) in [6.45, 7) is 0. The van der Waals surface area contributed by atoms with Crippen molar-refractivity contribution in [1.29, 1.82) is 0 Å². The molecule has 43 heavy (non-hydrogen) atoms. The summed E-state index contributed by atoms with van der Waals surface area (Å²) in [6.07, 6.45) is 0. The van der Waals surface area contributed by atoms with E-state index in [4.69, 9.17) is 14.4 Å². The van der Waals surface area contributed by atoms with Crippen molar-refractivity contribution in [2.75, 3.05) is 0 Å². The first kappa shape index (κ1) is 24.5. The minimum absolute atomic E-state index is 0.890. The van der Waals surface area contributed by atoms with Crippen molar-refractivity contribution < 1.29 is 4.42 Å². The smallest absolute Gasteiger partial charge is 0.135 e. The molecular formula is C38H22N2OS2. The lowest BCUT2D eigenvalue weighted by Gasteiger charge is -2.05. The lowest BCUT2D eigenvalue weighted by Crippen LogP contribution is -1.82. The second-order valence-corrected chi connectivity index (χ2v) is 12.7. The van der Waals surface area contributed by atoms with Crippen LogP contribution in [0.4, 0.5) is 0 Å². The first-order valence-electron chi connectivity index (χ1n) is 14.1. The molecule has 0 saturated heterocycles. The first-order chi connectivity index (χ1) is 21.2. The van der Waals surface area contributed by atoms with Crippen molar-refractivity contribution in [3.8, 4) is 43.4 Å². The normalized spacial score (nSPS) is 11.7. The molecule has 0 saturated carbocycles. The van der Waals surface area contributed by atoms with Crippen LogP contribution in [-0.2, 0) is 0 Å². The summed E-state index contributed by atoms with van der Waals surface area (Å²) in [4.78, 5) is 9.75. The van der Waals surface area contributed by atoms with Gasteiger partial charge in [-0.1, -0.05) is 72.8 Å². The second kappa shape index (κ2) is 9.73. The molecule has 3 heterocycles. The predicted molar refractivity (Wildman–Crippen MR) is 182 cm³/mol. The molecule has 0 amide bonds. The van der Waals surface area contributed by atoms with Crippen LogP contribution in [0.2, 0.25) is 0 Å². The Labute approximate surface area is 255 Å². The Morgan fingerprint density at radius 3 is 1.33 bits per heavy atom. The fraction of sp³-hybridized carbons (Fsp3) is 0. The molecule has 6 aromatic carbocycles. The van der Waals surface area contributed by atoms with Gasteiger partial charge in [-0.25, -0.2) is 9.97 Å². The SMILES string of the molecule is c1cc(-c2ccc3oc4ccc(-c5cccc(-c6nc7ccccc7s6)c5)cc4c3c2)cc(-c2nc3ccccc3s2)c1. The number of benzene rings is 6. The standard InChI is InChI=1S/C38H22N2OS2/c1-3-13-35-31(11-1)39-37(42-35)27-9-5-7-23(19-27)25-15-17-33-29(21-25)30-22-26(16-18-34(30)41-33)24-8-6-10-28(20-24)38-40-32-12-2-4-14-36(32)43-38/h1-22H. The maximum absolute atomic E-state index is 6.27. The minimum atomic E-state index is 0.890. The van der Waals surface area contributed by atoms with Crippen molar-refractivity contribution in [1.82, 2.24) is 9.97 Å². The summed E-state index contributed by atoms with van der Waals surface area (Å²) in [5, 5.41) is 4.30. The third kappa shape index (κ3) is 4.24. The summed E-state index contributed by atoms with van der Waals surface area (Å²) < 4.78 is 8.68. The zero-order valence-electron chi connectivity index (χ0n) is 22.8. The van der Waals surface area contributed by atoms with Crippen LogP contribution >= 0.6 is 22.7 Å². The van der Waals surface area contributed by atoms with Gasteiger partial charge in [0.15, 0.2) is 0 Å². The van der Waals surface area contributed by atoms with E-state index in [2.05, 4.69) is 121 Å². The Balaban J connectivity index is 1.11. The van der Waals surface area contributed by atoms with E-state index >= 15 is 0 Å². The molecule has 202 valence electrons. The predicted octanol–water partition coefficient (Wildman–Crippen LogP) is 11.5. The van der Waals surface area contributed by atoms with Gasteiger partial charge in [0.05, 0.1) is 20.4 Å². The molecule has 0 bridgehead atoms. The van der Waals surface area contributed by atoms with Gasteiger partial charge in [0.1, 0.15) is 21.2 Å². The molecule has 0 aliphatic heterocycles. The lowest BCUT2D eigenvalue weighted by atomic mass is 9.99. The van der Waals surface area contributed by atoms with Gasteiger partial charge in [-0.3, -0.25) is 0 Å². The summed E-state index contributed by atoms with van der Waals surface area (Å²) in [7, 11) is 0. The molecule has 0 radical (unpaired) electrons. The van der Waals surface area contributed by atoms with Crippen LogP contribution in [-0.4, -0.2) is 9.97 Å². The molecule has 0 spiro atoms. The molecule has 0 N–H and O–H groups in total. The van der Waals surface area contributed by atoms with E-state index in [0.717, 1.165) is 76.4 Å². The van der Waals surface area contributed by atoms with Crippen LogP contribution in [0.5, 0.6) is 0 Å². The summed E-state index contributed by atoms with van der Waals surface area (Å²) in [6, 6.07) is 46.9. The van der Waals surface area contributed by atoms with Crippen molar-refractivity contribution in [2.45, 2.75) is 0 Å². The summed E-state index contributed by atoms with van der Waals surface area (Å²) in [5.74, 6) is 0. The third-order valence-corrected chi connectivity index (χ3v) is 10.1. The molecule has 0 fully saturated rings. The van der Waals surface area contributed by atoms with Gasteiger partial charge in [-0.15, -0.1) is 22.7 Å². The Morgan fingerprint density at radius 1 is 0.395 bits per heavy atom. The van der Waals surface area contributed by atoms with Crippen LogP contribution in [0.3, 0.4) is 0 Å². The number of thiazole rings is 2. The number of aromatic nitrogens is 2. The Hall–Kier alpha value is -5.10. The van der Waals surface area contributed by atoms with E-state index < -0.39 is 0 Å². The van der Waals surface area contributed by atoms with Crippen molar-refractivity contribution in [3.05, 3.63) is 133 Å². The maximum atomic E-state index is 6.27. The summed E-state index contributed by atoms with van der Waals surface area (Å²) in [5.41, 5.74) is 10.8. The van der Waals surface area contributed by atoms with Gasteiger partial charge in [-0.2, -0.15) is 0 Å². The Bertz CT molecular complexity index is 2240. The number of para-hydroxylation sites is 2. The molecular weight excluding hydrogens is 565 g/mol. The third-order valence-electron chi connectivity index (χ3n) is 7.94. The molecule has 0 unspecified atom stereocenters. The minimum Gasteiger partial charge on any atom is -0.456 e. The van der Waals surface area contributed by atoms with Crippen LogP contribution in [0.1, 0.15) is 0 Å². The zero-order valence-corrected chi connectivity index (χ0v) is 24.5.